The lowest BCUT2D eigenvalue weighted by atomic mass is 10.1. The molecule has 0 unspecified atom stereocenters. The number of sulfone groups is 1. The molecule has 1 aromatic rings. The monoisotopic (exact) mass is 326 g/mol. The lowest BCUT2D eigenvalue weighted by Gasteiger charge is -2.05. The minimum absolute atomic E-state index is 0.0192. The molecule has 3 N–H and O–H groups in total. The lowest BCUT2D eigenvalue weighted by molar-refractivity contribution is 0.0944. The number of carbonyl (C=O) groups excluding carboxylic acids is 1. The summed E-state index contributed by atoms with van der Waals surface area (Å²) in [7, 11) is -3.72. The second-order valence-corrected chi connectivity index (χ2v) is 7.54. The molecule has 20 heavy (non-hydrogen) atoms. The van der Waals surface area contributed by atoms with Gasteiger partial charge in [-0.25, -0.2) is 17.2 Å². The number of hydrogen-bond donors (Lipinski definition) is 2. The number of thiophene rings is 1. The fourth-order valence-corrected chi connectivity index (χ4v) is 4.19. The van der Waals surface area contributed by atoms with Crippen LogP contribution in [-0.2, 0) is 9.84 Å². The first-order valence-corrected chi connectivity index (χ1v) is 8.45. The maximum absolute atomic E-state index is 12.2. The first-order valence-electron chi connectivity index (χ1n) is 5.74. The third-order valence-corrected chi connectivity index (χ3v) is 4.91. The van der Waals surface area contributed by atoms with E-state index in [-0.39, 0.29) is 32.2 Å². The molecule has 0 fully saturated rings. The summed E-state index contributed by atoms with van der Waals surface area (Å²) in [4.78, 5) is 11.8. The minimum Gasteiger partial charge on any atom is -0.396 e. The van der Waals surface area contributed by atoms with Crippen LogP contribution in [0.5, 0.6) is 0 Å². The van der Waals surface area contributed by atoms with Crippen LogP contribution in [0.15, 0.2) is 4.90 Å². The largest absolute Gasteiger partial charge is 0.396 e. The zero-order valence-electron chi connectivity index (χ0n) is 11.2. The van der Waals surface area contributed by atoms with Crippen LogP contribution in [0.2, 0.25) is 0 Å². The molecule has 1 heterocycles. The van der Waals surface area contributed by atoms with Crippen molar-refractivity contribution in [2.24, 2.45) is 5.92 Å². The van der Waals surface area contributed by atoms with E-state index < -0.39 is 22.8 Å². The highest BCUT2D eigenvalue weighted by Gasteiger charge is 2.28. The second kappa shape index (κ2) is 6.04. The highest BCUT2D eigenvalue weighted by Crippen LogP contribution is 2.40. The van der Waals surface area contributed by atoms with E-state index in [1.165, 1.54) is 0 Å². The van der Waals surface area contributed by atoms with Crippen molar-refractivity contribution in [1.82, 2.24) is 0 Å². The topological polar surface area (TPSA) is 89.3 Å². The predicted molar refractivity (Wildman–Crippen MR) is 75.5 cm³/mol. The van der Waals surface area contributed by atoms with Crippen LogP contribution in [-0.4, -0.2) is 33.4 Å². The average molecular weight is 326 g/mol. The number of carbonyl (C=O) groups is 1. The molecule has 0 spiro atoms. The van der Waals surface area contributed by atoms with Gasteiger partial charge in [-0.05, 0) is 0 Å². The Bertz CT molecular complexity index is 609. The number of anilines is 2. The van der Waals surface area contributed by atoms with Gasteiger partial charge < -0.3 is 11.1 Å². The summed E-state index contributed by atoms with van der Waals surface area (Å²) >= 11 is 0.793. The maximum Gasteiger partial charge on any atom is 0.255 e. The number of Topliss-reactive ketones (excluding diaryl/α,β-unsaturated/α-hetero) is 1. The van der Waals surface area contributed by atoms with Crippen LogP contribution in [0.4, 0.5) is 19.5 Å². The van der Waals surface area contributed by atoms with Crippen LogP contribution in [0.25, 0.3) is 0 Å². The molecule has 0 radical (unpaired) electrons. The van der Waals surface area contributed by atoms with Crippen molar-refractivity contribution in [3.05, 3.63) is 4.88 Å². The number of ketones is 1. The van der Waals surface area contributed by atoms with Crippen molar-refractivity contribution in [2.45, 2.75) is 25.2 Å². The summed E-state index contributed by atoms with van der Waals surface area (Å²) in [5.41, 5.74) is 5.55. The number of nitrogens with two attached hydrogens (primary N) is 1. The molecule has 0 saturated carbocycles. The number of halogens is 2. The fraction of sp³-hybridized carbons (Fsp3) is 0.545. The molecule has 9 heteroatoms. The molecule has 0 bridgehead atoms. The van der Waals surface area contributed by atoms with Crippen molar-refractivity contribution in [2.75, 3.05) is 23.9 Å². The van der Waals surface area contributed by atoms with Gasteiger partial charge in [-0.1, -0.05) is 13.8 Å². The van der Waals surface area contributed by atoms with Gasteiger partial charge in [-0.2, -0.15) is 0 Å². The zero-order valence-corrected chi connectivity index (χ0v) is 12.9. The Morgan fingerprint density at radius 2 is 1.95 bits per heavy atom. The Morgan fingerprint density at radius 3 is 2.35 bits per heavy atom. The van der Waals surface area contributed by atoms with E-state index in [4.69, 9.17) is 5.73 Å². The fourth-order valence-electron chi connectivity index (χ4n) is 1.53. The van der Waals surface area contributed by atoms with Gasteiger partial charge in [0.25, 0.3) is 6.43 Å². The molecule has 0 aromatic carbocycles. The quantitative estimate of drug-likeness (QED) is 0.783. The van der Waals surface area contributed by atoms with E-state index in [2.05, 4.69) is 5.32 Å². The van der Waals surface area contributed by atoms with Crippen LogP contribution in [0.3, 0.4) is 0 Å². The van der Waals surface area contributed by atoms with E-state index in [0.29, 0.717) is 0 Å². The summed E-state index contributed by atoms with van der Waals surface area (Å²) in [6.07, 6.45) is -1.72. The standard InChI is InChI=1S/C11H16F2N2O3S2/c1-5(2)8(16)9-7(14)10(20(3,17)18)11(19-9)15-4-6(12)13/h5-6,15H,4,14H2,1-3H3. The van der Waals surface area contributed by atoms with Crippen LogP contribution in [0.1, 0.15) is 23.5 Å². The average Bonchev–Trinajstić information content (AvgIpc) is 2.62. The van der Waals surface area contributed by atoms with Crippen LogP contribution in [0, 0.1) is 5.92 Å². The molecule has 0 aliphatic heterocycles. The molecular formula is C11H16F2N2O3S2. The summed E-state index contributed by atoms with van der Waals surface area (Å²) < 4.78 is 47.9. The van der Waals surface area contributed by atoms with E-state index in [1.807, 2.05) is 0 Å². The second-order valence-electron chi connectivity index (χ2n) is 4.57. The summed E-state index contributed by atoms with van der Waals surface area (Å²) in [5.74, 6) is -0.686. The van der Waals surface area contributed by atoms with Crippen molar-refractivity contribution < 1.29 is 22.0 Å². The molecule has 1 aromatic heterocycles. The summed E-state index contributed by atoms with van der Waals surface area (Å²) in [6, 6.07) is 0. The zero-order chi connectivity index (χ0) is 15.7. The van der Waals surface area contributed by atoms with E-state index in [9.17, 15) is 22.0 Å². The number of nitrogens with one attached hydrogen (secondary N) is 1. The Balaban J connectivity index is 3.36. The van der Waals surface area contributed by atoms with Crippen molar-refractivity contribution >= 4 is 37.6 Å². The minimum atomic E-state index is -3.72. The van der Waals surface area contributed by atoms with Gasteiger partial charge in [-0.15, -0.1) is 11.3 Å². The molecule has 1 rings (SSSR count). The van der Waals surface area contributed by atoms with Crippen molar-refractivity contribution in [1.29, 1.82) is 0 Å². The predicted octanol–water partition coefficient (Wildman–Crippen LogP) is 2.25. The first kappa shape index (κ1) is 16.8. The number of alkyl halides is 2. The van der Waals surface area contributed by atoms with Gasteiger partial charge in [0, 0.05) is 12.2 Å². The Morgan fingerprint density at radius 1 is 1.40 bits per heavy atom. The Kier molecular flexibility index (Phi) is 5.09. The molecular weight excluding hydrogens is 310 g/mol. The van der Waals surface area contributed by atoms with Gasteiger partial charge in [-0.3, -0.25) is 4.79 Å². The van der Waals surface area contributed by atoms with E-state index >= 15 is 0 Å². The van der Waals surface area contributed by atoms with Crippen molar-refractivity contribution in [3.63, 3.8) is 0 Å². The number of rotatable bonds is 6. The molecule has 5 nitrogen and oxygen atoms in total. The third kappa shape index (κ3) is 3.66. The van der Waals surface area contributed by atoms with E-state index in [0.717, 1.165) is 17.6 Å². The molecule has 0 atom stereocenters. The van der Waals surface area contributed by atoms with Gasteiger partial charge in [0.15, 0.2) is 15.6 Å². The smallest absolute Gasteiger partial charge is 0.255 e. The van der Waals surface area contributed by atoms with Gasteiger partial charge >= 0.3 is 0 Å². The number of nitrogen functional groups attached to an aromatic ring is 1. The van der Waals surface area contributed by atoms with Gasteiger partial charge in [0.1, 0.15) is 9.90 Å². The Hall–Kier alpha value is -1.22. The highest BCUT2D eigenvalue weighted by molar-refractivity contribution is 7.91. The van der Waals surface area contributed by atoms with Gasteiger partial charge in [0.2, 0.25) is 0 Å². The maximum atomic E-state index is 12.2. The molecule has 0 amide bonds. The summed E-state index contributed by atoms with van der Waals surface area (Å²) in [5, 5.41) is 2.31. The lowest BCUT2D eigenvalue weighted by Crippen LogP contribution is -2.12. The molecule has 114 valence electrons. The third-order valence-electron chi connectivity index (χ3n) is 2.44. The Labute approximate surface area is 120 Å². The molecule has 0 saturated heterocycles. The molecule has 0 aliphatic carbocycles. The normalized spacial score (nSPS) is 12.2. The van der Waals surface area contributed by atoms with E-state index in [1.54, 1.807) is 13.8 Å². The highest BCUT2D eigenvalue weighted by atomic mass is 32.2. The molecule has 0 aliphatic rings. The van der Waals surface area contributed by atoms with Gasteiger partial charge in [0.05, 0.1) is 17.1 Å². The van der Waals surface area contributed by atoms with Crippen LogP contribution < -0.4 is 11.1 Å². The van der Waals surface area contributed by atoms with Crippen LogP contribution >= 0.6 is 11.3 Å². The number of hydrogen-bond acceptors (Lipinski definition) is 6. The van der Waals surface area contributed by atoms with Crippen molar-refractivity contribution in [3.8, 4) is 0 Å². The first-order chi connectivity index (χ1) is 9.05. The summed E-state index contributed by atoms with van der Waals surface area (Å²) in [6.45, 7) is 2.58. The SMILES string of the molecule is CC(C)C(=O)c1sc(NCC(F)F)c(S(C)(=O)=O)c1N.